The van der Waals surface area contributed by atoms with E-state index in [0.29, 0.717) is 12.1 Å². The molecular weight excluding hydrogens is 362 g/mol. The SMILES string of the molecule is Cc1ccc(S(C)(=O)=O)cc1C(=O)N1CCC[C@@H]1c1nc2ccccc2[nH]1. The first-order valence-corrected chi connectivity index (χ1v) is 10.8. The quantitative estimate of drug-likeness (QED) is 0.752. The van der Waals surface area contributed by atoms with Crippen molar-refractivity contribution < 1.29 is 13.2 Å². The molecule has 1 saturated heterocycles. The van der Waals surface area contributed by atoms with E-state index in [1.54, 1.807) is 17.0 Å². The van der Waals surface area contributed by atoms with Crippen molar-refractivity contribution in [2.24, 2.45) is 0 Å². The lowest BCUT2D eigenvalue weighted by molar-refractivity contribution is 0.0729. The number of hydrogen-bond acceptors (Lipinski definition) is 4. The van der Waals surface area contributed by atoms with Crippen LogP contribution in [0.3, 0.4) is 0 Å². The van der Waals surface area contributed by atoms with E-state index < -0.39 is 9.84 Å². The van der Waals surface area contributed by atoms with Gasteiger partial charge in [-0.2, -0.15) is 0 Å². The fraction of sp³-hybridized carbons (Fsp3) is 0.300. The lowest BCUT2D eigenvalue weighted by Crippen LogP contribution is -2.31. The Morgan fingerprint density at radius 1 is 1.22 bits per heavy atom. The average Bonchev–Trinajstić information content (AvgIpc) is 3.27. The molecule has 4 rings (SSSR count). The van der Waals surface area contributed by atoms with Crippen molar-refractivity contribution in [2.45, 2.75) is 30.7 Å². The third kappa shape index (κ3) is 3.23. The van der Waals surface area contributed by atoms with Crippen LogP contribution in [0.2, 0.25) is 0 Å². The summed E-state index contributed by atoms with van der Waals surface area (Å²) in [5.41, 5.74) is 3.02. The summed E-state index contributed by atoms with van der Waals surface area (Å²) in [5.74, 6) is 0.625. The monoisotopic (exact) mass is 383 g/mol. The minimum Gasteiger partial charge on any atom is -0.340 e. The maximum Gasteiger partial charge on any atom is 0.254 e. The van der Waals surface area contributed by atoms with E-state index in [-0.39, 0.29) is 16.8 Å². The first-order chi connectivity index (χ1) is 12.8. The number of aromatic amines is 1. The summed E-state index contributed by atoms with van der Waals surface area (Å²) in [5, 5.41) is 0. The van der Waals surface area contributed by atoms with Crippen LogP contribution in [0.25, 0.3) is 11.0 Å². The molecule has 0 radical (unpaired) electrons. The van der Waals surface area contributed by atoms with E-state index in [0.717, 1.165) is 41.5 Å². The summed E-state index contributed by atoms with van der Waals surface area (Å²) in [6.45, 7) is 2.45. The molecule has 1 aliphatic heterocycles. The van der Waals surface area contributed by atoms with Crippen LogP contribution < -0.4 is 0 Å². The minimum absolute atomic E-state index is 0.133. The number of rotatable bonds is 3. The summed E-state index contributed by atoms with van der Waals surface area (Å²) in [6.07, 6.45) is 2.87. The Bertz CT molecular complexity index is 1100. The Labute approximate surface area is 158 Å². The molecule has 3 aromatic rings. The Balaban J connectivity index is 1.71. The number of nitrogens with zero attached hydrogens (tertiary/aromatic N) is 2. The first-order valence-electron chi connectivity index (χ1n) is 8.91. The van der Waals surface area contributed by atoms with Gasteiger partial charge < -0.3 is 9.88 Å². The van der Waals surface area contributed by atoms with Crippen molar-refractivity contribution >= 4 is 26.8 Å². The van der Waals surface area contributed by atoms with Crippen LogP contribution in [0.4, 0.5) is 0 Å². The number of hydrogen-bond donors (Lipinski definition) is 1. The van der Waals surface area contributed by atoms with E-state index in [4.69, 9.17) is 0 Å². The standard InChI is InChI=1S/C20H21N3O3S/c1-13-9-10-14(27(2,25)26)12-15(13)20(24)23-11-5-8-18(23)19-21-16-6-3-4-7-17(16)22-19/h3-4,6-7,9-10,12,18H,5,8,11H2,1-2H3,(H,21,22)/t18-/m1/s1. The lowest BCUT2D eigenvalue weighted by Gasteiger charge is -2.24. The van der Waals surface area contributed by atoms with Gasteiger partial charge in [0.15, 0.2) is 9.84 Å². The molecular formula is C20H21N3O3S. The maximum atomic E-state index is 13.2. The Hall–Kier alpha value is -2.67. The van der Waals surface area contributed by atoms with E-state index in [2.05, 4.69) is 9.97 Å². The number of carbonyl (C=O) groups excluding carboxylic acids is 1. The number of benzene rings is 2. The van der Waals surface area contributed by atoms with Gasteiger partial charge in [-0.25, -0.2) is 13.4 Å². The van der Waals surface area contributed by atoms with Crippen LogP contribution in [0, 0.1) is 6.92 Å². The highest BCUT2D eigenvalue weighted by Crippen LogP contribution is 2.33. The molecule has 6 nitrogen and oxygen atoms in total. The summed E-state index contributed by atoms with van der Waals surface area (Å²) in [4.78, 5) is 23.2. The highest BCUT2D eigenvalue weighted by Gasteiger charge is 2.33. The van der Waals surface area contributed by atoms with E-state index >= 15 is 0 Å². The van der Waals surface area contributed by atoms with Crippen LogP contribution in [0.5, 0.6) is 0 Å². The second-order valence-corrected chi connectivity index (χ2v) is 9.06. The highest BCUT2D eigenvalue weighted by molar-refractivity contribution is 7.90. The molecule has 1 amide bonds. The zero-order valence-electron chi connectivity index (χ0n) is 15.3. The number of aromatic nitrogens is 2. The van der Waals surface area contributed by atoms with Gasteiger partial charge in [0, 0.05) is 18.4 Å². The van der Waals surface area contributed by atoms with Crippen LogP contribution in [0.1, 0.15) is 40.6 Å². The fourth-order valence-corrected chi connectivity index (χ4v) is 4.29. The fourth-order valence-electron chi connectivity index (χ4n) is 3.64. The maximum absolute atomic E-state index is 13.2. The minimum atomic E-state index is -3.37. The van der Waals surface area contributed by atoms with Gasteiger partial charge in [0.1, 0.15) is 5.82 Å². The van der Waals surface area contributed by atoms with Gasteiger partial charge in [-0.1, -0.05) is 18.2 Å². The van der Waals surface area contributed by atoms with Crippen LogP contribution in [0.15, 0.2) is 47.4 Å². The van der Waals surface area contributed by atoms with Gasteiger partial charge in [-0.15, -0.1) is 0 Å². The number of likely N-dealkylation sites (tertiary alicyclic amines) is 1. The van der Waals surface area contributed by atoms with Gasteiger partial charge in [-0.05, 0) is 49.6 Å². The highest BCUT2D eigenvalue weighted by atomic mass is 32.2. The number of aryl methyl sites for hydroxylation is 1. The molecule has 1 N–H and O–H groups in total. The number of imidazole rings is 1. The van der Waals surface area contributed by atoms with Crippen LogP contribution >= 0.6 is 0 Å². The largest absolute Gasteiger partial charge is 0.340 e. The predicted molar refractivity (Wildman–Crippen MR) is 103 cm³/mol. The van der Waals surface area contributed by atoms with E-state index in [9.17, 15) is 13.2 Å². The first kappa shape index (κ1) is 17.7. The molecule has 0 spiro atoms. The Kier molecular flexibility index (Phi) is 4.26. The number of sulfone groups is 1. The van der Waals surface area contributed by atoms with Crippen LogP contribution in [-0.2, 0) is 9.84 Å². The summed E-state index contributed by atoms with van der Waals surface area (Å²) in [6, 6.07) is 12.4. The number of fused-ring (bicyclic) bond motifs is 1. The van der Waals surface area contributed by atoms with E-state index in [1.165, 1.54) is 6.07 Å². The lowest BCUT2D eigenvalue weighted by atomic mass is 10.1. The van der Waals surface area contributed by atoms with E-state index in [1.807, 2.05) is 31.2 Å². The molecule has 2 heterocycles. The molecule has 0 bridgehead atoms. The van der Waals surface area contributed by atoms with Crippen molar-refractivity contribution in [2.75, 3.05) is 12.8 Å². The Morgan fingerprint density at radius 3 is 2.74 bits per heavy atom. The zero-order chi connectivity index (χ0) is 19.2. The second kappa shape index (κ2) is 6.49. The van der Waals surface area contributed by atoms with Gasteiger partial charge in [0.25, 0.3) is 5.91 Å². The van der Waals surface area contributed by atoms with Gasteiger partial charge in [0.2, 0.25) is 0 Å². The average molecular weight is 383 g/mol. The topological polar surface area (TPSA) is 83.1 Å². The normalized spacial score (nSPS) is 17.6. The molecule has 7 heteroatoms. The molecule has 1 atom stereocenters. The zero-order valence-corrected chi connectivity index (χ0v) is 16.1. The number of nitrogens with one attached hydrogen (secondary N) is 1. The van der Waals surface area contributed by atoms with Crippen LogP contribution in [-0.4, -0.2) is 42.0 Å². The molecule has 27 heavy (non-hydrogen) atoms. The van der Waals surface area contributed by atoms with Crippen molar-refractivity contribution in [1.82, 2.24) is 14.9 Å². The predicted octanol–water partition coefficient (Wildman–Crippen LogP) is 3.25. The summed E-state index contributed by atoms with van der Waals surface area (Å²) < 4.78 is 23.8. The number of carbonyl (C=O) groups is 1. The molecule has 0 aliphatic carbocycles. The molecule has 0 saturated carbocycles. The van der Waals surface area contributed by atoms with Gasteiger partial charge in [-0.3, -0.25) is 4.79 Å². The number of amides is 1. The molecule has 1 aliphatic rings. The van der Waals surface area contributed by atoms with Crippen molar-refractivity contribution in [1.29, 1.82) is 0 Å². The third-order valence-corrected chi connectivity index (χ3v) is 6.21. The third-order valence-electron chi connectivity index (χ3n) is 5.10. The number of H-pyrrole nitrogens is 1. The molecule has 2 aromatic carbocycles. The molecule has 1 aromatic heterocycles. The molecule has 140 valence electrons. The molecule has 1 fully saturated rings. The number of para-hydroxylation sites is 2. The molecule has 0 unspecified atom stereocenters. The Morgan fingerprint density at radius 2 is 2.00 bits per heavy atom. The van der Waals surface area contributed by atoms with Gasteiger partial charge in [0.05, 0.1) is 22.0 Å². The summed E-state index contributed by atoms with van der Waals surface area (Å²) in [7, 11) is -3.37. The smallest absolute Gasteiger partial charge is 0.254 e. The van der Waals surface area contributed by atoms with Crippen molar-refractivity contribution in [3.63, 3.8) is 0 Å². The van der Waals surface area contributed by atoms with Crippen molar-refractivity contribution in [3.05, 3.63) is 59.4 Å². The summed E-state index contributed by atoms with van der Waals surface area (Å²) >= 11 is 0. The second-order valence-electron chi connectivity index (χ2n) is 7.04. The van der Waals surface area contributed by atoms with Gasteiger partial charge >= 0.3 is 0 Å². The van der Waals surface area contributed by atoms with Crippen molar-refractivity contribution in [3.8, 4) is 0 Å².